The van der Waals surface area contributed by atoms with Gasteiger partial charge in [-0.05, 0) is 101 Å². The second kappa shape index (κ2) is 33.9. The van der Waals surface area contributed by atoms with Gasteiger partial charge in [-0.1, -0.05) is 130 Å². The zero-order valence-corrected chi connectivity index (χ0v) is 41.9. The molecule has 1 saturated heterocycles. The Morgan fingerprint density at radius 1 is 0.343 bits per heavy atom. The molecule has 5 amide bonds. The summed E-state index contributed by atoms with van der Waals surface area (Å²) in [6, 6.07) is 28.5. The molecule has 1 aliphatic rings. The summed E-state index contributed by atoms with van der Waals surface area (Å²) in [6.45, 7) is 2.87. The van der Waals surface area contributed by atoms with Crippen LogP contribution in [0.15, 0.2) is 91.0 Å². The second-order valence-corrected chi connectivity index (χ2v) is 18.7. The molecule has 3 aromatic carbocycles. The van der Waals surface area contributed by atoms with Crippen LogP contribution in [0.4, 0.5) is 0 Å². The van der Waals surface area contributed by atoms with Gasteiger partial charge in [-0.2, -0.15) is 0 Å². The number of nitrogens with two attached hydrogens (primary N) is 3. The number of ketones is 1. The molecule has 70 heavy (non-hydrogen) atoms. The van der Waals surface area contributed by atoms with Crippen molar-refractivity contribution in [2.24, 2.45) is 17.2 Å². The number of hydrogen-bond donors (Lipinski definition) is 3. The van der Waals surface area contributed by atoms with E-state index in [9.17, 15) is 28.8 Å². The summed E-state index contributed by atoms with van der Waals surface area (Å²) in [7, 11) is 0. The summed E-state index contributed by atoms with van der Waals surface area (Å²) in [4.78, 5) is 96.7. The fourth-order valence-corrected chi connectivity index (χ4v) is 8.69. The van der Waals surface area contributed by atoms with Gasteiger partial charge in [0.1, 0.15) is 13.1 Å². The number of Topliss-reactive ketones (excluding diaryl/α,β-unsaturated/α-hetero) is 1. The van der Waals surface area contributed by atoms with Gasteiger partial charge in [0.2, 0.25) is 29.5 Å². The molecule has 384 valence electrons. The molecule has 4 rings (SSSR count). The van der Waals surface area contributed by atoms with Crippen LogP contribution in [0.2, 0.25) is 0 Å². The predicted octanol–water partition coefficient (Wildman–Crippen LogP) is 5.34. The van der Waals surface area contributed by atoms with Crippen molar-refractivity contribution in [2.45, 2.75) is 116 Å². The Hall–Kier alpha value is -5.48. The molecular weight excluding hydrogens is 883 g/mol. The number of carbonyl (C=O) groups is 6. The molecule has 0 bridgehead atoms. The van der Waals surface area contributed by atoms with E-state index in [1.165, 1.54) is 19.6 Å². The maximum Gasteiger partial charge on any atom is 0.242 e. The summed E-state index contributed by atoms with van der Waals surface area (Å²) in [5.41, 5.74) is 19.9. The fraction of sp³-hybridized carbons (Fsp3) is 0.564. The van der Waals surface area contributed by atoms with Crippen LogP contribution in [-0.4, -0.2) is 150 Å². The maximum absolute atomic E-state index is 14.8. The van der Waals surface area contributed by atoms with Crippen molar-refractivity contribution < 1.29 is 28.8 Å². The third kappa shape index (κ3) is 22.5. The maximum atomic E-state index is 14.8. The number of rotatable bonds is 24. The number of amides is 5. The van der Waals surface area contributed by atoms with Gasteiger partial charge in [0, 0.05) is 39.1 Å². The highest BCUT2D eigenvalue weighted by Crippen LogP contribution is 2.15. The van der Waals surface area contributed by atoms with E-state index in [0.29, 0.717) is 58.4 Å². The third-order valence-electron chi connectivity index (χ3n) is 12.8. The van der Waals surface area contributed by atoms with Crippen LogP contribution in [0.5, 0.6) is 0 Å². The Kier molecular flexibility index (Phi) is 27.7. The summed E-state index contributed by atoms with van der Waals surface area (Å²) < 4.78 is 0. The fourth-order valence-electron chi connectivity index (χ4n) is 8.69. The van der Waals surface area contributed by atoms with Gasteiger partial charge < -0.3 is 41.7 Å². The van der Waals surface area contributed by atoms with Crippen molar-refractivity contribution in [3.63, 3.8) is 0 Å². The first kappa shape index (κ1) is 57.1. The zero-order chi connectivity index (χ0) is 50.2. The van der Waals surface area contributed by atoms with E-state index in [1.54, 1.807) is 4.90 Å². The molecule has 15 nitrogen and oxygen atoms in total. The third-order valence-corrected chi connectivity index (χ3v) is 12.8. The highest BCUT2D eigenvalue weighted by Gasteiger charge is 2.30. The molecular formula is C55H83N9O6. The van der Waals surface area contributed by atoms with Crippen LogP contribution in [0, 0.1) is 0 Å². The minimum atomic E-state index is -0.429. The molecule has 0 spiro atoms. The van der Waals surface area contributed by atoms with Crippen molar-refractivity contribution in [1.29, 1.82) is 0 Å². The molecule has 1 fully saturated rings. The number of benzene rings is 3. The van der Waals surface area contributed by atoms with Crippen LogP contribution in [0.3, 0.4) is 0 Å². The van der Waals surface area contributed by atoms with Crippen LogP contribution in [-0.2, 0) is 48.4 Å². The molecule has 0 atom stereocenters. The van der Waals surface area contributed by atoms with E-state index < -0.39 is 11.8 Å². The van der Waals surface area contributed by atoms with Crippen LogP contribution in [0.25, 0.3) is 0 Å². The molecule has 1 aliphatic heterocycles. The largest absolute Gasteiger partial charge is 0.332 e. The first-order valence-corrected chi connectivity index (χ1v) is 25.9. The van der Waals surface area contributed by atoms with Gasteiger partial charge in [0.25, 0.3) is 0 Å². The number of carbonyl (C=O) groups excluding carboxylic acids is 6. The topological polar surface area (TPSA) is 200 Å². The van der Waals surface area contributed by atoms with Gasteiger partial charge in [-0.15, -0.1) is 0 Å². The molecule has 3 aromatic rings. The molecule has 0 aromatic heterocycles. The van der Waals surface area contributed by atoms with Crippen LogP contribution in [0.1, 0.15) is 113 Å². The van der Waals surface area contributed by atoms with Gasteiger partial charge >= 0.3 is 0 Å². The Labute approximate surface area is 418 Å². The Balaban J connectivity index is 1.75. The minimum Gasteiger partial charge on any atom is -0.332 e. The standard InChI is InChI=1S/C55H83N9O6/c56-31-17-1-4-20-34-59-35-23-16-30-50(65)41-62(38-47-24-10-7-11-25-47)54(69)43-60(36-21-5-2-18-32-57)53(68)46-64(40-49-28-14-9-15-29-49)55(70)44-61(37-22-6-3-19-33-58)52(67)45-63(51(66)42-59)39-48-26-12-8-13-27-48/h7-15,24-29H,1-6,16-23,30-46,56-58H2. The highest BCUT2D eigenvalue weighted by molar-refractivity contribution is 5.92. The highest BCUT2D eigenvalue weighted by atomic mass is 16.2. The molecule has 0 unspecified atom stereocenters. The first-order chi connectivity index (χ1) is 34.1. The lowest BCUT2D eigenvalue weighted by atomic mass is 10.1. The van der Waals surface area contributed by atoms with Gasteiger partial charge in [-0.3, -0.25) is 33.7 Å². The van der Waals surface area contributed by atoms with Crippen molar-refractivity contribution in [3.05, 3.63) is 108 Å². The van der Waals surface area contributed by atoms with Crippen molar-refractivity contribution in [1.82, 2.24) is 29.4 Å². The number of nitrogens with zero attached hydrogens (tertiary/aromatic N) is 6. The Morgan fingerprint density at radius 3 is 1.07 bits per heavy atom. The van der Waals surface area contributed by atoms with Gasteiger partial charge in [0.05, 0.1) is 26.2 Å². The predicted molar refractivity (Wildman–Crippen MR) is 277 cm³/mol. The normalized spacial score (nSPS) is 16.2. The van der Waals surface area contributed by atoms with Gasteiger partial charge in [-0.25, -0.2) is 0 Å². The van der Waals surface area contributed by atoms with Crippen LogP contribution >= 0.6 is 0 Å². The number of hydrogen-bond acceptors (Lipinski definition) is 10. The molecule has 0 saturated carbocycles. The van der Waals surface area contributed by atoms with Crippen LogP contribution < -0.4 is 17.2 Å². The SMILES string of the molecule is NCCCCCCN1CCCCC(=O)CN(Cc2ccccc2)C(=O)CN(CCCCCCN)C(=O)CN(Cc2ccccc2)C(=O)CN(CCCCCCN)C(=O)CN(Cc2ccccc2)C(=O)C1. The molecule has 0 aliphatic carbocycles. The lowest BCUT2D eigenvalue weighted by Crippen LogP contribution is -2.51. The van der Waals surface area contributed by atoms with E-state index >= 15 is 0 Å². The van der Waals surface area contributed by atoms with E-state index in [0.717, 1.165) is 80.9 Å². The average molecular weight is 966 g/mol. The van der Waals surface area contributed by atoms with E-state index in [1.807, 2.05) is 91.0 Å². The summed E-state index contributed by atoms with van der Waals surface area (Å²) in [5, 5.41) is 0. The van der Waals surface area contributed by atoms with Gasteiger partial charge in [0.15, 0.2) is 5.78 Å². The summed E-state index contributed by atoms with van der Waals surface area (Å²) >= 11 is 0. The minimum absolute atomic E-state index is 0.0822. The summed E-state index contributed by atoms with van der Waals surface area (Å²) in [5.74, 6) is -1.86. The molecule has 6 N–H and O–H groups in total. The molecule has 1 heterocycles. The monoisotopic (exact) mass is 966 g/mol. The number of unbranched alkanes of at least 4 members (excludes halogenated alkanes) is 9. The van der Waals surface area contributed by atoms with Crippen molar-refractivity contribution in [2.75, 3.05) is 85.1 Å². The van der Waals surface area contributed by atoms with E-state index in [2.05, 4.69) is 4.90 Å². The quantitative estimate of drug-likeness (QED) is 0.0985. The zero-order valence-electron chi connectivity index (χ0n) is 41.9. The Morgan fingerprint density at radius 2 is 0.671 bits per heavy atom. The van der Waals surface area contributed by atoms with E-state index in [4.69, 9.17) is 17.2 Å². The lowest BCUT2D eigenvalue weighted by molar-refractivity contribution is -0.148. The average Bonchev–Trinajstić information content (AvgIpc) is 3.36. The smallest absolute Gasteiger partial charge is 0.242 e. The molecule has 0 radical (unpaired) electrons. The Bertz CT molecular complexity index is 1970. The van der Waals surface area contributed by atoms with Crippen molar-refractivity contribution in [3.8, 4) is 0 Å². The summed E-state index contributed by atoms with van der Waals surface area (Å²) in [6.07, 6.45) is 11.5. The first-order valence-electron chi connectivity index (χ1n) is 25.9. The molecule has 15 heteroatoms. The second-order valence-electron chi connectivity index (χ2n) is 18.7. The van der Waals surface area contributed by atoms with E-state index in [-0.39, 0.29) is 102 Å². The lowest BCUT2D eigenvalue weighted by Gasteiger charge is -2.32. The van der Waals surface area contributed by atoms with Crippen molar-refractivity contribution >= 4 is 35.3 Å².